The molecule has 17 heavy (non-hydrogen) atoms. The van der Waals surface area contributed by atoms with Crippen molar-refractivity contribution in [2.24, 2.45) is 5.73 Å². The molecule has 0 aromatic carbocycles. The third-order valence-electron chi connectivity index (χ3n) is 3.55. The maximum atomic E-state index is 5.55. The first-order valence-corrected chi connectivity index (χ1v) is 6.38. The predicted octanol–water partition coefficient (Wildman–Crippen LogP) is 1.07. The maximum Gasteiger partial charge on any atom is 0.0553 e. The number of hydrogen-bond donors (Lipinski definition) is 1. The van der Waals surface area contributed by atoms with E-state index in [-0.39, 0.29) is 0 Å². The van der Waals surface area contributed by atoms with Crippen molar-refractivity contribution in [3.8, 4) is 0 Å². The number of rotatable bonds is 3. The smallest absolute Gasteiger partial charge is 0.0553 e. The fourth-order valence-electron chi connectivity index (χ4n) is 2.42. The minimum Gasteiger partial charge on any atom is -0.367 e. The summed E-state index contributed by atoms with van der Waals surface area (Å²) in [5, 5.41) is 0. The van der Waals surface area contributed by atoms with Crippen LogP contribution in [0, 0.1) is 0 Å². The fraction of sp³-hybridized carbons (Fsp3) is 0.615. The highest BCUT2D eigenvalue weighted by Gasteiger charge is 2.22. The topological polar surface area (TPSA) is 45.4 Å². The second-order valence-electron chi connectivity index (χ2n) is 4.64. The Morgan fingerprint density at radius 2 is 2.24 bits per heavy atom. The Kier molecular flexibility index (Phi) is 3.97. The normalized spacial score (nSPS) is 21.8. The summed E-state index contributed by atoms with van der Waals surface area (Å²) in [6, 6.07) is 4.76. The summed E-state index contributed by atoms with van der Waals surface area (Å²) in [6.07, 6.45) is 1.94. The minimum atomic E-state index is 0.514. The van der Waals surface area contributed by atoms with Gasteiger partial charge in [-0.3, -0.25) is 9.88 Å². The minimum absolute atomic E-state index is 0.514. The van der Waals surface area contributed by atoms with Crippen LogP contribution in [0.1, 0.15) is 19.5 Å². The van der Waals surface area contributed by atoms with E-state index < -0.39 is 0 Å². The third kappa shape index (κ3) is 2.76. The number of nitrogens with zero attached hydrogens (tertiary/aromatic N) is 3. The fourth-order valence-corrected chi connectivity index (χ4v) is 2.42. The molecule has 1 aliphatic rings. The Hall–Kier alpha value is -1.13. The van der Waals surface area contributed by atoms with E-state index in [1.807, 2.05) is 12.3 Å². The van der Waals surface area contributed by atoms with Gasteiger partial charge in [0.15, 0.2) is 0 Å². The number of nitrogens with two attached hydrogens (primary N) is 1. The van der Waals surface area contributed by atoms with Crippen LogP contribution < -0.4 is 10.6 Å². The molecule has 1 unspecified atom stereocenters. The highest BCUT2D eigenvalue weighted by molar-refractivity contribution is 5.45. The zero-order valence-corrected chi connectivity index (χ0v) is 10.8. The molecule has 0 saturated carbocycles. The molecule has 1 aliphatic heterocycles. The Bertz CT molecular complexity index is 349. The van der Waals surface area contributed by atoms with Crippen LogP contribution in [0.2, 0.25) is 0 Å². The molecular formula is C13H22N4. The molecule has 94 valence electrons. The molecule has 0 spiro atoms. The van der Waals surface area contributed by atoms with Crippen molar-refractivity contribution in [1.29, 1.82) is 0 Å². The van der Waals surface area contributed by atoms with Gasteiger partial charge in [-0.25, -0.2) is 0 Å². The number of likely N-dealkylation sites (N-methyl/N-ethyl adjacent to an activating group) is 1. The summed E-state index contributed by atoms with van der Waals surface area (Å²) < 4.78 is 0. The standard InChI is InChI=1S/C13H22N4/c1-3-16-6-7-17(10-11(16)2)13-5-4-12(8-14)15-9-13/h4-5,9,11H,3,6-8,10,14H2,1-2H3. The van der Waals surface area contributed by atoms with Crippen LogP contribution in [0.3, 0.4) is 0 Å². The molecular weight excluding hydrogens is 212 g/mol. The second kappa shape index (κ2) is 5.47. The number of aromatic nitrogens is 1. The molecule has 1 aromatic heterocycles. The molecule has 1 aromatic rings. The molecule has 0 bridgehead atoms. The molecule has 2 rings (SSSR count). The number of pyridine rings is 1. The quantitative estimate of drug-likeness (QED) is 0.850. The summed E-state index contributed by atoms with van der Waals surface area (Å²) in [6.45, 7) is 9.47. The number of anilines is 1. The zero-order valence-electron chi connectivity index (χ0n) is 10.8. The molecule has 1 fully saturated rings. The van der Waals surface area contributed by atoms with E-state index in [0.29, 0.717) is 12.6 Å². The molecule has 0 aliphatic carbocycles. The second-order valence-corrected chi connectivity index (χ2v) is 4.64. The van der Waals surface area contributed by atoms with Gasteiger partial charge in [-0.2, -0.15) is 0 Å². The first kappa shape index (κ1) is 12.3. The largest absolute Gasteiger partial charge is 0.367 e. The van der Waals surface area contributed by atoms with E-state index in [1.54, 1.807) is 0 Å². The lowest BCUT2D eigenvalue weighted by Crippen LogP contribution is -2.51. The first-order valence-electron chi connectivity index (χ1n) is 6.38. The molecule has 4 nitrogen and oxygen atoms in total. The predicted molar refractivity (Wildman–Crippen MR) is 71.1 cm³/mol. The summed E-state index contributed by atoms with van der Waals surface area (Å²) in [7, 11) is 0. The lowest BCUT2D eigenvalue weighted by Gasteiger charge is -2.40. The van der Waals surface area contributed by atoms with Gasteiger partial charge < -0.3 is 10.6 Å². The van der Waals surface area contributed by atoms with Crippen molar-refractivity contribution in [1.82, 2.24) is 9.88 Å². The van der Waals surface area contributed by atoms with Crippen LogP contribution in [-0.4, -0.2) is 42.1 Å². The highest BCUT2D eigenvalue weighted by Crippen LogP contribution is 2.18. The Morgan fingerprint density at radius 1 is 1.41 bits per heavy atom. The summed E-state index contributed by atoms with van der Waals surface area (Å²) in [5.74, 6) is 0. The first-order chi connectivity index (χ1) is 8.24. The van der Waals surface area contributed by atoms with Crippen LogP contribution in [0.5, 0.6) is 0 Å². The van der Waals surface area contributed by atoms with E-state index in [0.717, 1.165) is 31.9 Å². The van der Waals surface area contributed by atoms with Gasteiger partial charge in [0.1, 0.15) is 0 Å². The van der Waals surface area contributed by atoms with E-state index in [9.17, 15) is 0 Å². The van der Waals surface area contributed by atoms with Crippen LogP contribution in [-0.2, 0) is 6.54 Å². The number of hydrogen-bond acceptors (Lipinski definition) is 4. The summed E-state index contributed by atoms with van der Waals surface area (Å²) >= 11 is 0. The third-order valence-corrected chi connectivity index (χ3v) is 3.55. The zero-order chi connectivity index (χ0) is 12.3. The maximum absolute atomic E-state index is 5.55. The summed E-state index contributed by atoms with van der Waals surface area (Å²) in [4.78, 5) is 9.28. The van der Waals surface area contributed by atoms with Gasteiger partial charge in [-0.1, -0.05) is 6.92 Å². The molecule has 2 heterocycles. The molecule has 2 N–H and O–H groups in total. The molecule has 4 heteroatoms. The molecule has 1 saturated heterocycles. The lowest BCUT2D eigenvalue weighted by molar-refractivity contribution is 0.199. The monoisotopic (exact) mass is 234 g/mol. The van der Waals surface area contributed by atoms with Crippen LogP contribution in [0.15, 0.2) is 18.3 Å². The highest BCUT2D eigenvalue weighted by atomic mass is 15.3. The van der Waals surface area contributed by atoms with E-state index in [2.05, 4.69) is 34.7 Å². The molecule has 1 atom stereocenters. The van der Waals surface area contributed by atoms with Gasteiger partial charge in [-0.05, 0) is 25.6 Å². The Morgan fingerprint density at radius 3 is 2.76 bits per heavy atom. The van der Waals surface area contributed by atoms with Gasteiger partial charge in [0.05, 0.1) is 17.6 Å². The van der Waals surface area contributed by atoms with E-state index in [1.165, 1.54) is 5.69 Å². The Labute approximate surface area is 103 Å². The van der Waals surface area contributed by atoms with Gasteiger partial charge in [0.2, 0.25) is 0 Å². The van der Waals surface area contributed by atoms with Crippen molar-refractivity contribution in [3.63, 3.8) is 0 Å². The van der Waals surface area contributed by atoms with Crippen molar-refractivity contribution in [2.45, 2.75) is 26.4 Å². The van der Waals surface area contributed by atoms with Crippen molar-refractivity contribution >= 4 is 5.69 Å². The van der Waals surface area contributed by atoms with Crippen LogP contribution >= 0.6 is 0 Å². The van der Waals surface area contributed by atoms with Gasteiger partial charge in [0, 0.05) is 32.2 Å². The average molecular weight is 234 g/mol. The SMILES string of the molecule is CCN1CCN(c2ccc(CN)nc2)CC1C. The average Bonchev–Trinajstić information content (AvgIpc) is 2.39. The van der Waals surface area contributed by atoms with Crippen molar-refractivity contribution in [2.75, 3.05) is 31.1 Å². The number of piperazine rings is 1. The van der Waals surface area contributed by atoms with Gasteiger partial charge in [0.25, 0.3) is 0 Å². The molecule has 0 radical (unpaired) electrons. The van der Waals surface area contributed by atoms with Crippen LogP contribution in [0.25, 0.3) is 0 Å². The lowest BCUT2D eigenvalue weighted by atomic mass is 10.1. The van der Waals surface area contributed by atoms with Crippen molar-refractivity contribution in [3.05, 3.63) is 24.0 Å². The van der Waals surface area contributed by atoms with Crippen molar-refractivity contribution < 1.29 is 0 Å². The van der Waals surface area contributed by atoms with E-state index >= 15 is 0 Å². The summed E-state index contributed by atoms with van der Waals surface area (Å²) in [5.41, 5.74) is 7.72. The van der Waals surface area contributed by atoms with Crippen LogP contribution in [0.4, 0.5) is 5.69 Å². The van der Waals surface area contributed by atoms with E-state index in [4.69, 9.17) is 5.73 Å². The Balaban J connectivity index is 2.03. The van der Waals surface area contributed by atoms with Gasteiger partial charge in [-0.15, -0.1) is 0 Å². The molecule has 0 amide bonds. The van der Waals surface area contributed by atoms with Gasteiger partial charge >= 0.3 is 0 Å².